The SMILES string of the molecule is C=COCC(CO)(COC=C)COC=C. The van der Waals surface area contributed by atoms with Crippen LogP contribution in [-0.2, 0) is 14.2 Å². The van der Waals surface area contributed by atoms with Crippen molar-refractivity contribution in [3.05, 3.63) is 38.5 Å². The molecule has 15 heavy (non-hydrogen) atoms. The van der Waals surface area contributed by atoms with Gasteiger partial charge in [-0.25, -0.2) is 0 Å². The van der Waals surface area contributed by atoms with E-state index in [-0.39, 0.29) is 26.4 Å². The van der Waals surface area contributed by atoms with Crippen molar-refractivity contribution < 1.29 is 19.3 Å². The standard InChI is InChI=1S/C11H18O4/c1-4-13-8-11(7-12,9-14-5-2)10-15-6-3/h4-6,12H,1-3,7-10H2. The van der Waals surface area contributed by atoms with Gasteiger partial charge in [0.1, 0.15) is 19.8 Å². The Kier molecular flexibility index (Phi) is 7.18. The topological polar surface area (TPSA) is 47.9 Å². The fraction of sp³-hybridized carbons (Fsp3) is 0.455. The summed E-state index contributed by atoms with van der Waals surface area (Å²) in [6.45, 7) is 11.0. The molecule has 4 nitrogen and oxygen atoms in total. The van der Waals surface area contributed by atoms with E-state index in [0.29, 0.717) is 0 Å². The quantitative estimate of drug-likeness (QED) is 0.559. The molecule has 0 aliphatic carbocycles. The molecule has 0 spiro atoms. The highest BCUT2D eigenvalue weighted by Crippen LogP contribution is 2.19. The van der Waals surface area contributed by atoms with Crippen LogP contribution < -0.4 is 0 Å². The Morgan fingerprint density at radius 2 is 1.20 bits per heavy atom. The van der Waals surface area contributed by atoms with Crippen molar-refractivity contribution in [3.8, 4) is 0 Å². The van der Waals surface area contributed by atoms with Crippen LogP contribution in [0.15, 0.2) is 38.5 Å². The lowest BCUT2D eigenvalue weighted by Crippen LogP contribution is -2.39. The second kappa shape index (κ2) is 7.94. The van der Waals surface area contributed by atoms with Crippen LogP contribution in [0, 0.1) is 5.41 Å². The Balaban J connectivity index is 4.34. The van der Waals surface area contributed by atoms with E-state index in [1.165, 1.54) is 18.8 Å². The maximum atomic E-state index is 9.31. The van der Waals surface area contributed by atoms with Crippen molar-refractivity contribution in [2.24, 2.45) is 5.41 Å². The lowest BCUT2D eigenvalue weighted by atomic mass is 9.92. The summed E-state index contributed by atoms with van der Waals surface area (Å²) in [5.41, 5.74) is -0.628. The number of hydrogen-bond acceptors (Lipinski definition) is 4. The summed E-state index contributed by atoms with van der Waals surface area (Å²) >= 11 is 0. The number of rotatable bonds is 10. The zero-order valence-electron chi connectivity index (χ0n) is 8.85. The third kappa shape index (κ3) is 5.12. The fourth-order valence-corrected chi connectivity index (χ4v) is 0.969. The molecular formula is C11H18O4. The molecular weight excluding hydrogens is 196 g/mol. The lowest BCUT2D eigenvalue weighted by Gasteiger charge is -2.29. The molecule has 0 unspecified atom stereocenters. The summed E-state index contributed by atoms with van der Waals surface area (Å²) < 4.78 is 15.2. The largest absolute Gasteiger partial charge is 0.501 e. The van der Waals surface area contributed by atoms with Crippen molar-refractivity contribution in [1.82, 2.24) is 0 Å². The first-order valence-electron chi connectivity index (χ1n) is 4.53. The third-order valence-electron chi connectivity index (χ3n) is 1.86. The summed E-state index contributed by atoms with van der Waals surface area (Å²) in [6, 6.07) is 0. The lowest BCUT2D eigenvalue weighted by molar-refractivity contribution is -0.0438. The van der Waals surface area contributed by atoms with Crippen LogP contribution in [0.4, 0.5) is 0 Å². The third-order valence-corrected chi connectivity index (χ3v) is 1.86. The molecule has 0 aliphatic rings. The van der Waals surface area contributed by atoms with Crippen LogP contribution >= 0.6 is 0 Å². The molecule has 0 amide bonds. The predicted molar refractivity (Wildman–Crippen MR) is 58.0 cm³/mol. The van der Waals surface area contributed by atoms with E-state index in [2.05, 4.69) is 19.7 Å². The minimum Gasteiger partial charge on any atom is -0.501 e. The zero-order chi connectivity index (χ0) is 11.6. The van der Waals surface area contributed by atoms with Gasteiger partial charge in [0, 0.05) is 0 Å². The van der Waals surface area contributed by atoms with Gasteiger partial charge in [-0.2, -0.15) is 0 Å². The first kappa shape index (κ1) is 13.6. The minimum atomic E-state index is -0.628. The normalized spacial score (nSPS) is 10.2. The van der Waals surface area contributed by atoms with E-state index >= 15 is 0 Å². The first-order valence-corrected chi connectivity index (χ1v) is 4.53. The van der Waals surface area contributed by atoms with Crippen LogP contribution in [0.25, 0.3) is 0 Å². The number of aliphatic hydroxyl groups excluding tert-OH is 1. The van der Waals surface area contributed by atoms with E-state index in [1.807, 2.05) is 0 Å². The maximum Gasteiger partial charge on any atom is 0.102 e. The molecule has 0 atom stereocenters. The van der Waals surface area contributed by atoms with E-state index in [0.717, 1.165) is 0 Å². The molecule has 0 radical (unpaired) electrons. The van der Waals surface area contributed by atoms with Gasteiger partial charge in [0.05, 0.1) is 30.8 Å². The molecule has 0 bridgehead atoms. The Labute approximate surface area is 90.5 Å². The summed E-state index contributed by atoms with van der Waals surface area (Å²) in [5.74, 6) is 0. The molecule has 4 heteroatoms. The monoisotopic (exact) mass is 214 g/mol. The highest BCUT2D eigenvalue weighted by atomic mass is 16.5. The highest BCUT2D eigenvalue weighted by Gasteiger charge is 2.32. The van der Waals surface area contributed by atoms with E-state index in [4.69, 9.17) is 14.2 Å². The summed E-state index contributed by atoms with van der Waals surface area (Å²) in [5, 5.41) is 9.31. The van der Waals surface area contributed by atoms with Crippen molar-refractivity contribution in [2.75, 3.05) is 26.4 Å². The van der Waals surface area contributed by atoms with Crippen LogP contribution in [0.3, 0.4) is 0 Å². The smallest absolute Gasteiger partial charge is 0.102 e. The van der Waals surface area contributed by atoms with E-state index in [1.54, 1.807) is 0 Å². The molecule has 1 N–H and O–H groups in total. The van der Waals surface area contributed by atoms with Gasteiger partial charge in [-0.3, -0.25) is 0 Å². The molecule has 0 aromatic heterocycles. The molecule has 0 rings (SSSR count). The molecule has 0 fully saturated rings. The zero-order valence-corrected chi connectivity index (χ0v) is 8.85. The van der Waals surface area contributed by atoms with Gasteiger partial charge >= 0.3 is 0 Å². The Hall–Kier alpha value is -1.42. The van der Waals surface area contributed by atoms with Gasteiger partial charge < -0.3 is 19.3 Å². The second-order valence-corrected chi connectivity index (χ2v) is 3.09. The van der Waals surface area contributed by atoms with Crippen LogP contribution in [0.5, 0.6) is 0 Å². The molecule has 0 saturated carbocycles. The summed E-state index contributed by atoms with van der Waals surface area (Å²) in [7, 11) is 0. The van der Waals surface area contributed by atoms with Gasteiger partial charge in [0.15, 0.2) is 0 Å². The van der Waals surface area contributed by atoms with Gasteiger partial charge in [-0.1, -0.05) is 19.7 Å². The Bertz CT molecular complexity index is 169. The van der Waals surface area contributed by atoms with Crippen LogP contribution in [0.2, 0.25) is 0 Å². The van der Waals surface area contributed by atoms with Crippen molar-refractivity contribution in [3.63, 3.8) is 0 Å². The van der Waals surface area contributed by atoms with Crippen molar-refractivity contribution >= 4 is 0 Å². The van der Waals surface area contributed by atoms with Crippen molar-refractivity contribution in [1.29, 1.82) is 0 Å². The highest BCUT2D eigenvalue weighted by molar-refractivity contribution is 4.81. The van der Waals surface area contributed by atoms with Gasteiger partial charge in [0.2, 0.25) is 0 Å². The average Bonchev–Trinajstić information content (AvgIpc) is 2.29. The average molecular weight is 214 g/mol. The summed E-state index contributed by atoms with van der Waals surface area (Å²) in [4.78, 5) is 0. The molecule has 0 aromatic rings. The molecule has 0 aromatic carbocycles. The van der Waals surface area contributed by atoms with Crippen molar-refractivity contribution in [2.45, 2.75) is 0 Å². The van der Waals surface area contributed by atoms with Gasteiger partial charge in [-0.05, 0) is 0 Å². The second-order valence-electron chi connectivity index (χ2n) is 3.09. The number of ether oxygens (including phenoxy) is 3. The fourth-order valence-electron chi connectivity index (χ4n) is 0.969. The minimum absolute atomic E-state index is 0.123. The maximum absolute atomic E-state index is 9.31. The van der Waals surface area contributed by atoms with E-state index in [9.17, 15) is 5.11 Å². The first-order chi connectivity index (χ1) is 7.24. The molecule has 86 valence electrons. The summed E-state index contributed by atoms with van der Waals surface area (Å²) in [6.07, 6.45) is 3.94. The van der Waals surface area contributed by atoms with Crippen LogP contribution in [0.1, 0.15) is 0 Å². The van der Waals surface area contributed by atoms with Gasteiger partial charge in [-0.15, -0.1) is 0 Å². The molecule has 0 heterocycles. The van der Waals surface area contributed by atoms with Gasteiger partial charge in [0.25, 0.3) is 0 Å². The van der Waals surface area contributed by atoms with E-state index < -0.39 is 5.41 Å². The Morgan fingerprint density at radius 1 is 0.867 bits per heavy atom. The molecule has 0 saturated heterocycles. The number of aliphatic hydroxyl groups is 1. The predicted octanol–water partition coefficient (Wildman–Crippen LogP) is 1.45. The Morgan fingerprint density at radius 3 is 1.40 bits per heavy atom. The number of hydrogen-bond donors (Lipinski definition) is 1. The molecule has 0 aliphatic heterocycles. The van der Waals surface area contributed by atoms with Crippen LogP contribution in [-0.4, -0.2) is 31.5 Å².